The lowest BCUT2D eigenvalue weighted by Gasteiger charge is -2.22. The lowest BCUT2D eigenvalue weighted by atomic mass is 9.88. The van der Waals surface area contributed by atoms with Crippen LogP contribution in [0.15, 0.2) is 65.8 Å². The monoisotopic (exact) mass is 323 g/mol. The van der Waals surface area contributed by atoms with Crippen LogP contribution in [0.3, 0.4) is 0 Å². The molecular weight excluding hydrogens is 302 g/mol. The van der Waals surface area contributed by atoms with Crippen LogP contribution in [0.2, 0.25) is 0 Å². The van der Waals surface area contributed by atoms with Gasteiger partial charge in [-0.25, -0.2) is 0 Å². The number of methoxy groups -OCH3 is 1. The Morgan fingerprint density at radius 3 is 2.38 bits per heavy atom. The minimum atomic E-state index is -0.771. The summed E-state index contributed by atoms with van der Waals surface area (Å²) < 4.78 is 5.03. The van der Waals surface area contributed by atoms with Gasteiger partial charge in [0, 0.05) is 12.2 Å². The van der Waals surface area contributed by atoms with Gasteiger partial charge in [0.2, 0.25) is 0 Å². The van der Waals surface area contributed by atoms with Crippen LogP contribution in [0.5, 0.6) is 0 Å². The summed E-state index contributed by atoms with van der Waals surface area (Å²) in [6.45, 7) is 3.00. The number of esters is 1. The number of anilines is 2. The molecule has 1 saturated heterocycles. The van der Waals surface area contributed by atoms with E-state index in [0.29, 0.717) is 13.1 Å². The molecule has 5 heteroatoms. The number of nitrogens with one attached hydrogen (secondary N) is 1. The van der Waals surface area contributed by atoms with E-state index in [2.05, 4.69) is 15.4 Å². The Morgan fingerprint density at radius 2 is 1.75 bits per heavy atom. The van der Waals surface area contributed by atoms with Crippen molar-refractivity contribution >= 4 is 23.1 Å². The zero-order valence-corrected chi connectivity index (χ0v) is 13.9. The van der Waals surface area contributed by atoms with Crippen molar-refractivity contribution in [3.05, 3.63) is 60.7 Å². The maximum absolute atomic E-state index is 12.4. The third-order valence-electron chi connectivity index (χ3n) is 4.34. The summed E-state index contributed by atoms with van der Waals surface area (Å²) >= 11 is 0. The smallest absolute Gasteiger partial charge is 0.319 e. The summed E-state index contributed by atoms with van der Waals surface area (Å²) in [6, 6.07) is 19.7. The van der Waals surface area contributed by atoms with E-state index in [1.807, 2.05) is 67.6 Å². The van der Waals surface area contributed by atoms with E-state index in [4.69, 9.17) is 4.74 Å². The van der Waals surface area contributed by atoms with Gasteiger partial charge in [0.1, 0.15) is 5.41 Å². The molecule has 1 unspecified atom stereocenters. The first-order chi connectivity index (χ1) is 11.6. The van der Waals surface area contributed by atoms with Gasteiger partial charge >= 0.3 is 5.97 Å². The molecule has 1 fully saturated rings. The standard InChI is InChI=1S/C19H21N3O2/c1-19(18(23)24-2)14-22(16-11-7-4-8-12-16)13-17(19)21-20-15-9-5-3-6-10-15/h3-12,20H,13-14H2,1-2H3/b21-17+. The number of ether oxygens (including phenoxy) is 1. The number of carbonyl (C=O) groups excluding carboxylic acids is 1. The van der Waals surface area contributed by atoms with Gasteiger partial charge in [-0.15, -0.1) is 0 Å². The quantitative estimate of drug-likeness (QED) is 0.694. The second-order valence-electron chi connectivity index (χ2n) is 6.05. The van der Waals surface area contributed by atoms with E-state index in [1.165, 1.54) is 7.11 Å². The molecule has 1 N–H and O–H groups in total. The molecule has 2 aromatic rings. The van der Waals surface area contributed by atoms with Crippen LogP contribution in [0.25, 0.3) is 0 Å². The van der Waals surface area contributed by atoms with Crippen molar-refractivity contribution in [2.45, 2.75) is 6.92 Å². The minimum absolute atomic E-state index is 0.269. The number of carbonyl (C=O) groups is 1. The lowest BCUT2D eigenvalue weighted by molar-refractivity contribution is -0.147. The molecule has 0 amide bonds. The maximum atomic E-state index is 12.4. The Morgan fingerprint density at radius 1 is 1.12 bits per heavy atom. The Balaban J connectivity index is 1.88. The van der Waals surface area contributed by atoms with E-state index in [9.17, 15) is 4.79 Å². The van der Waals surface area contributed by atoms with Crippen LogP contribution < -0.4 is 10.3 Å². The first kappa shape index (κ1) is 16.1. The highest BCUT2D eigenvalue weighted by Gasteiger charge is 2.47. The van der Waals surface area contributed by atoms with Crippen LogP contribution in [-0.4, -0.2) is 31.9 Å². The largest absolute Gasteiger partial charge is 0.468 e. The van der Waals surface area contributed by atoms with Gasteiger partial charge in [0.25, 0.3) is 0 Å². The minimum Gasteiger partial charge on any atom is -0.468 e. The molecule has 1 aliphatic heterocycles. The molecule has 1 aliphatic rings. The molecule has 0 spiro atoms. The average molecular weight is 323 g/mol. The lowest BCUT2D eigenvalue weighted by Crippen LogP contribution is -2.38. The topological polar surface area (TPSA) is 53.9 Å². The maximum Gasteiger partial charge on any atom is 0.319 e. The SMILES string of the molecule is COC(=O)C1(C)CN(c2ccccc2)C/C1=N\Nc1ccccc1. The molecule has 0 bridgehead atoms. The van der Waals surface area contributed by atoms with E-state index >= 15 is 0 Å². The van der Waals surface area contributed by atoms with E-state index < -0.39 is 5.41 Å². The van der Waals surface area contributed by atoms with Gasteiger partial charge in [-0.1, -0.05) is 36.4 Å². The fraction of sp³-hybridized carbons (Fsp3) is 0.263. The summed E-state index contributed by atoms with van der Waals surface area (Å²) in [6.07, 6.45) is 0. The van der Waals surface area contributed by atoms with Crippen molar-refractivity contribution in [2.24, 2.45) is 10.5 Å². The Bertz CT molecular complexity index is 731. The molecule has 1 atom stereocenters. The van der Waals surface area contributed by atoms with Crippen LogP contribution in [0.4, 0.5) is 11.4 Å². The van der Waals surface area contributed by atoms with Gasteiger partial charge < -0.3 is 9.64 Å². The summed E-state index contributed by atoms with van der Waals surface area (Å²) in [7, 11) is 1.42. The van der Waals surface area contributed by atoms with Crippen LogP contribution in [-0.2, 0) is 9.53 Å². The first-order valence-electron chi connectivity index (χ1n) is 7.90. The normalized spacial score (nSPS) is 21.8. The van der Waals surface area contributed by atoms with Gasteiger partial charge in [-0.2, -0.15) is 5.10 Å². The van der Waals surface area contributed by atoms with E-state index in [0.717, 1.165) is 17.1 Å². The number of para-hydroxylation sites is 2. The fourth-order valence-electron chi connectivity index (χ4n) is 2.92. The highest BCUT2D eigenvalue weighted by Crippen LogP contribution is 2.32. The summed E-state index contributed by atoms with van der Waals surface area (Å²) in [5, 5.41) is 4.52. The summed E-state index contributed by atoms with van der Waals surface area (Å²) in [4.78, 5) is 14.5. The van der Waals surface area contributed by atoms with Gasteiger partial charge in [-0.3, -0.25) is 10.2 Å². The first-order valence-corrected chi connectivity index (χ1v) is 7.90. The van der Waals surface area contributed by atoms with E-state index in [1.54, 1.807) is 0 Å². The third-order valence-corrected chi connectivity index (χ3v) is 4.34. The second kappa shape index (κ2) is 6.74. The molecule has 2 aromatic carbocycles. The number of hydrazone groups is 1. The molecular formula is C19H21N3O2. The fourth-order valence-corrected chi connectivity index (χ4v) is 2.92. The molecule has 0 radical (unpaired) electrons. The van der Waals surface area contributed by atoms with Crippen molar-refractivity contribution in [3.63, 3.8) is 0 Å². The molecule has 24 heavy (non-hydrogen) atoms. The summed E-state index contributed by atoms with van der Waals surface area (Å²) in [5.41, 5.74) is 4.99. The highest BCUT2D eigenvalue weighted by atomic mass is 16.5. The van der Waals surface area contributed by atoms with Gasteiger partial charge in [0.05, 0.1) is 25.1 Å². The molecule has 124 valence electrons. The Kier molecular flexibility index (Phi) is 4.51. The van der Waals surface area contributed by atoms with Gasteiger partial charge in [0.15, 0.2) is 0 Å². The molecule has 0 aliphatic carbocycles. The number of hydrogen-bond donors (Lipinski definition) is 1. The second-order valence-corrected chi connectivity index (χ2v) is 6.05. The van der Waals surface area contributed by atoms with Crippen LogP contribution in [0, 0.1) is 5.41 Å². The summed E-state index contributed by atoms with van der Waals surface area (Å²) in [5.74, 6) is -0.269. The number of rotatable bonds is 4. The van der Waals surface area contributed by atoms with Crippen molar-refractivity contribution in [3.8, 4) is 0 Å². The molecule has 5 nitrogen and oxygen atoms in total. The average Bonchev–Trinajstić information content (AvgIpc) is 2.99. The zero-order chi connectivity index (χ0) is 17.0. The van der Waals surface area contributed by atoms with Gasteiger partial charge in [-0.05, 0) is 31.2 Å². The number of benzene rings is 2. The van der Waals surface area contributed by atoms with Crippen LogP contribution in [0.1, 0.15) is 6.92 Å². The Labute approximate surface area is 141 Å². The zero-order valence-electron chi connectivity index (χ0n) is 13.9. The highest BCUT2D eigenvalue weighted by molar-refractivity contribution is 6.11. The molecule has 0 aromatic heterocycles. The number of hydrogen-bond acceptors (Lipinski definition) is 5. The number of nitrogens with zero attached hydrogens (tertiary/aromatic N) is 2. The van der Waals surface area contributed by atoms with Crippen molar-refractivity contribution < 1.29 is 9.53 Å². The Hall–Kier alpha value is -2.82. The van der Waals surface area contributed by atoms with E-state index in [-0.39, 0.29) is 5.97 Å². The van der Waals surface area contributed by atoms with Crippen LogP contribution >= 0.6 is 0 Å². The predicted octanol–water partition coefficient (Wildman–Crippen LogP) is 3.15. The molecule has 3 rings (SSSR count). The van der Waals surface area contributed by atoms with Crippen molar-refractivity contribution in [2.75, 3.05) is 30.5 Å². The molecule has 1 heterocycles. The predicted molar refractivity (Wildman–Crippen MR) is 96.3 cm³/mol. The van der Waals surface area contributed by atoms with Crippen molar-refractivity contribution in [1.82, 2.24) is 0 Å². The molecule has 0 saturated carbocycles. The van der Waals surface area contributed by atoms with Crippen molar-refractivity contribution in [1.29, 1.82) is 0 Å². The third kappa shape index (κ3) is 3.11.